The number of hydrogen-bond acceptors (Lipinski definition) is 2. The Balaban J connectivity index is 1.11. The van der Waals surface area contributed by atoms with Gasteiger partial charge < -0.3 is 14.4 Å². The zero-order valence-electron chi connectivity index (χ0n) is 62.7. The molecule has 3 nitrogen and oxygen atoms in total. The van der Waals surface area contributed by atoms with Crippen LogP contribution in [0.5, 0.6) is 0 Å². The number of rotatable bonds is 6. The lowest BCUT2D eigenvalue weighted by atomic mass is 9.29. The Morgan fingerprint density at radius 3 is 1.21 bits per heavy atom. The van der Waals surface area contributed by atoms with Crippen LogP contribution in [-0.4, -0.2) is 11.3 Å². The van der Waals surface area contributed by atoms with E-state index in [1.807, 2.05) is 0 Å². The summed E-state index contributed by atoms with van der Waals surface area (Å²) in [4.78, 5) is 5.31. The Kier molecular flexibility index (Phi) is 15.0. The van der Waals surface area contributed by atoms with Gasteiger partial charge in [-0.25, -0.2) is 0 Å². The van der Waals surface area contributed by atoms with Gasteiger partial charge in [0, 0.05) is 44.6 Å². The highest BCUT2D eigenvalue weighted by molar-refractivity contribution is 6.99. The second-order valence-electron chi connectivity index (χ2n) is 35.5. The van der Waals surface area contributed by atoms with Crippen molar-refractivity contribution in [3.8, 4) is 39.1 Å². The Hall–Kier alpha value is -9.90. The minimum absolute atomic E-state index is 0.0451. The summed E-state index contributed by atoms with van der Waals surface area (Å²) in [5.41, 5.74) is 33.1. The molecule has 101 heavy (non-hydrogen) atoms. The third-order valence-corrected chi connectivity index (χ3v) is 22.5. The Morgan fingerprint density at radius 2 is 0.713 bits per heavy atom. The second-order valence-corrected chi connectivity index (χ2v) is 35.5. The summed E-state index contributed by atoms with van der Waals surface area (Å²) in [5.74, 6) is 0. The molecule has 16 rings (SSSR count). The molecule has 0 unspecified atom stereocenters. The first-order chi connectivity index (χ1) is 47.9. The van der Waals surface area contributed by atoms with Crippen molar-refractivity contribution in [3.63, 3.8) is 0 Å². The average molecular weight is 1310 g/mol. The molecule has 502 valence electrons. The molecule has 0 radical (unpaired) electrons. The van der Waals surface area contributed by atoms with Crippen molar-refractivity contribution in [1.82, 2.24) is 4.57 Å². The highest BCUT2D eigenvalue weighted by Crippen LogP contribution is 2.61. The number of para-hydroxylation sites is 3. The van der Waals surface area contributed by atoms with Crippen LogP contribution >= 0.6 is 0 Å². The quantitative estimate of drug-likeness (QED) is 0.154. The molecule has 4 heterocycles. The van der Waals surface area contributed by atoms with Crippen LogP contribution in [0.15, 0.2) is 255 Å². The number of benzene rings is 12. The Bertz CT molecular complexity index is 5260. The van der Waals surface area contributed by atoms with Crippen molar-refractivity contribution in [1.29, 1.82) is 0 Å². The summed E-state index contributed by atoms with van der Waals surface area (Å²) in [6.45, 7) is 42.4. The number of aromatic nitrogens is 1. The van der Waals surface area contributed by atoms with Crippen molar-refractivity contribution in [2.75, 3.05) is 9.80 Å². The highest BCUT2D eigenvalue weighted by Gasteiger charge is 2.56. The van der Waals surface area contributed by atoms with E-state index in [-0.39, 0.29) is 39.2 Å². The lowest BCUT2D eigenvalue weighted by molar-refractivity contribution is 0.569. The molecule has 12 aromatic carbocycles. The van der Waals surface area contributed by atoms with Crippen molar-refractivity contribution in [2.45, 2.75) is 163 Å². The number of nitrogens with zero attached hydrogens (tertiary/aromatic N) is 3. The molecule has 0 fully saturated rings. The fourth-order valence-electron chi connectivity index (χ4n) is 16.8. The van der Waals surface area contributed by atoms with Crippen molar-refractivity contribution >= 4 is 79.0 Å². The zero-order valence-corrected chi connectivity index (χ0v) is 62.7. The first-order valence-electron chi connectivity index (χ1n) is 36.8. The van der Waals surface area contributed by atoms with Gasteiger partial charge in [0.25, 0.3) is 0 Å². The van der Waals surface area contributed by atoms with Crippen LogP contribution in [0, 0.1) is 0 Å². The largest absolute Gasteiger partial charge is 0.310 e. The first-order valence-corrected chi connectivity index (χ1v) is 36.8. The lowest BCUT2D eigenvalue weighted by Crippen LogP contribution is -2.65. The van der Waals surface area contributed by atoms with E-state index in [0.717, 1.165) is 11.4 Å². The van der Waals surface area contributed by atoms with E-state index in [0.29, 0.717) is 0 Å². The van der Waals surface area contributed by atoms with Crippen LogP contribution in [0.2, 0.25) is 0 Å². The van der Waals surface area contributed by atoms with E-state index in [9.17, 15) is 0 Å². The number of anilines is 6. The summed E-state index contributed by atoms with van der Waals surface area (Å²) in [7, 11) is 0. The maximum absolute atomic E-state index is 2.78. The van der Waals surface area contributed by atoms with Gasteiger partial charge in [0.2, 0.25) is 6.71 Å². The van der Waals surface area contributed by atoms with Crippen molar-refractivity contribution in [3.05, 3.63) is 310 Å². The van der Waals surface area contributed by atoms with Gasteiger partial charge in [-0.15, -0.1) is 0 Å². The van der Waals surface area contributed by atoms with Crippen LogP contribution in [0.25, 0.3) is 60.9 Å². The molecule has 3 aliphatic heterocycles. The van der Waals surface area contributed by atoms with Gasteiger partial charge in [0.05, 0.1) is 33.5 Å². The molecule has 4 heteroatoms. The van der Waals surface area contributed by atoms with Crippen LogP contribution in [0.4, 0.5) is 34.1 Å². The van der Waals surface area contributed by atoms with E-state index >= 15 is 0 Å². The molecule has 0 atom stereocenters. The SMILES string of the molecule is CC(C)(C)c1cc(-c2ccc3c(c2)N(c2c(-c4ccccc4)cc(C(C)(C)C)cc2-c2ccccc2)c2cc(C(C)(C)C)cc4c2B3c2ccc(-n3c5ccc(C(C)(C)C)cc5c5cc(C(C)(C)C)ccc53)cc2C42c3ccccc3N(c3ccccc3)c3ccccc32)cc(C(C)(C)C)c1. The van der Waals surface area contributed by atoms with Crippen LogP contribution in [0.1, 0.15) is 180 Å². The summed E-state index contributed by atoms with van der Waals surface area (Å²) >= 11 is 0. The van der Waals surface area contributed by atoms with Gasteiger partial charge in [0.1, 0.15) is 0 Å². The molecule has 0 bridgehead atoms. The van der Waals surface area contributed by atoms with E-state index in [1.54, 1.807) is 0 Å². The maximum atomic E-state index is 2.78. The van der Waals surface area contributed by atoms with E-state index in [2.05, 4.69) is 394 Å². The third-order valence-electron chi connectivity index (χ3n) is 22.5. The minimum Gasteiger partial charge on any atom is -0.310 e. The molecular weight excluding hydrogens is 1220 g/mol. The number of hydrogen-bond donors (Lipinski definition) is 0. The van der Waals surface area contributed by atoms with Gasteiger partial charge in [-0.2, -0.15) is 0 Å². The molecule has 1 aromatic heterocycles. The van der Waals surface area contributed by atoms with Gasteiger partial charge in [-0.1, -0.05) is 300 Å². The monoisotopic (exact) mass is 1310 g/mol. The molecule has 0 N–H and O–H groups in total. The molecule has 0 saturated carbocycles. The highest BCUT2D eigenvalue weighted by atomic mass is 15.2. The van der Waals surface area contributed by atoms with E-state index < -0.39 is 5.41 Å². The second kappa shape index (κ2) is 23.1. The number of fused-ring (bicyclic) bond motifs is 13. The minimum atomic E-state index is -0.871. The van der Waals surface area contributed by atoms with E-state index in [4.69, 9.17) is 0 Å². The summed E-state index contributed by atoms with van der Waals surface area (Å²) in [6.07, 6.45) is 0. The summed E-state index contributed by atoms with van der Waals surface area (Å²) in [5, 5.41) is 2.56. The molecule has 0 aliphatic carbocycles. The normalized spacial score (nSPS) is 14.3. The van der Waals surface area contributed by atoms with Gasteiger partial charge >= 0.3 is 0 Å². The van der Waals surface area contributed by atoms with Gasteiger partial charge in [-0.3, -0.25) is 0 Å². The predicted octanol–water partition coefficient (Wildman–Crippen LogP) is 24.3. The topological polar surface area (TPSA) is 11.4 Å². The summed E-state index contributed by atoms with van der Waals surface area (Å²) in [6, 6.07) is 100. The van der Waals surface area contributed by atoms with Gasteiger partial charge in [-0.05, 0) is 206 Å². The standard InChI is InChI=1S/C97H96BN3/c1-91(2,3)65-43-48-83-75(54-65)76-55-66(92(4,5)6)44-49-84(76)100(83)72-45-47-81-79(60-72)97(77-38-28-30-40-85(77)99(71-36-26-21-27-37-71)86-41-31-29-39-78(86)97)80-58-70(96(16,17)18)59-88-89(80)98(81)82-46-42-63(64-50-67(93(7,8)9)53-68(51-64)94(10,11)12)52-87(82)101(88)90-73(61-32-22-19-23-33-61)56-69(95(13,14)15)57-74(90)62-34-24-20-25-35-62/h19-60H,1-18H3. The Morgan fingerprint density at radius 1 is 0.267 bits per heavy atom. The molecule has 0 amide bonds. The fourth-order valence-corrected chi connectivity index (χ4v) is 16.8. The molecule has 13 aromatic rings. The molecule has 0 saturated heterocycles. The summed E-state index contributed by atoms with van der Waals surface area (Å²) < 4.78 is 2.60. The zero-order chi connectivity index (χ0) is 70.8. The van der Waals surface area contributed by atoms with Crippen molar-refractivity contribution in [2.24, 2.45) is 0 Å². The predicted molar refractivity (Wildman–Crippen MR) is 435 cm³/mol. The smallest absolute Gasteiger partial charge is 0.247 e. The molecule has 3 aliphatic rings. The van der Waals surface area contributed by atoms with E-state index in [1.165, 1.54) is 156 Å². The van der Waals surface area contributed by atoms with Crippen LogP contribution in [-0.2, 0) is 37.9 Å². The van der Waals surface area contributed by atoms with Crippen LogP contribution < -0.4 is 26.2 Å². The molecular formula is C97H96BN3. The average Bonchev–Trinajstić information content (AvgIpc) is 0.835. The third kappa shape index (κ3) is 10.7. The Labute approximate surface area is 601 Å². The maximum Gasteiger partial charge on any atom is 0.247 e. The van der Waals surface area contributed by atoms with Gasteiger partial charge in [0.15, 0.2) is 0 Å². The first kappa shape index (κ1) is 65.7. The fraction of sp³-hybridized carbons (Fsp3) is 0.258. The van der Waals surface area contributed by atoms with Crippen molar-refractivity contribution < 1.29 is 0 Å². The molecule has 1 spiro atoms. The lowest BCUT2D eigenvalue weighted by Gasteiger charge is -2.53. The van der Waals surface area contributed by atoms with Crippen LogP contribution in [0.3, 0.4) is 0 Å².